The second-order valence-corrected chi connectivity index (χ2v) is 8.77. The summed E-state index contributed by atoms with van der Waals surface area (Å²) in [5.41, 5.74) is 0. The summed E-state index contributed by atoms with van der Waals surface area (Å²) in [5, 5.41) is 0. The first-order valence-electron chi connectivity index (χ1n) is 8.46. The van der Waals surface area contributed by atoms with Crippen molar-refractivity contribution in [3.05, 3.63) is 30.1 Å². The van der Waals surface area contributed by atoms with Crippen molar-refractivity contribution in [2.24, 2.45) is 5.92 Å². The minimum atomic E-state index is -3.50. The third kappa shape index (κ3) is 3.75. The van der Waals surface area contributed by atoms with Crippen molar-refractivity contribution in [2.75, 3.05) is 26.2 Å². The number of nitrogens with zero attached hydrogens (tertiary/aromatic N) is 2. The topological polar surface area (TPSA) is 40.6 Å². The second kappa shape index (κ2) is 6.87. The molecule has 0 radical (unpaired) electrons. The fourth-order valence-electron chi connectivity index (χ4n) is 3.76. The van der Waals surface area contributed by atoms with E-state index in [2.05, 4.69) is 11.8 Å². The SMILES string of the molecule is C[C@@H]1CCCN(C2CCN(S(=O)(=O)c3ccc(F)cc3)CC2)C1. The van der Waals surface area contributed by atoms with Gasteiger partial charge in [-0.05, 0) is 62.4 Å². The van der Waals surface area contributed by atoms with Crippen LogP contribution >= 0.6 is 0 Å². The van der Waals surface area contributed by atoms with E-state index in [0.29, 0.717) is 19.1 Å². The average molecular weight is 340 g/mol. The number of likely N-dealkylation sites (tertiary alicyclic amines) is 1. The summed E-state index contributed by atoms with van der Waals surface area (Å²) in [7, 11) is -3.50. The molecule has 2 aliphatic rings. The van der Waals surface area contributed by atoms with E-state index in [0.717, 1.165) is 31.8 Å². The predicted octanol–water partition coefficient (Wildman–Crippen LogP) is 2.71. The maximum Gasteiger partial charge on any atom is 0.243 e. The summed E-state index contributed by atoms with van der Waals surface area (Å²) in [6.45, 7) is 5.67. The first-order chi connectivity index (χ1) is 11.0. The molecule has 0 aromatic heterocycles. The van der Waals surface area contributed by atoms with E-state index in [-0.39, 0.29) is 4.90 Å². The van der Waals surface area contributed by atoms with Gasteiger partial charge < -0.3 is 4.90 Å². The molecule has 0 unspecified atom stereocenters. The Labute approximate surface area is 138 Å². The molecule has 0 amide bonds. The Morgan fingerprint density at radius 1 is 1.04 bits per heavy atom. The van der Waals surface area contributed by atoms with Crippen LogP contribution in [-0.2, 0) is 10.0 Å². The summed E-state index contributed by atoms with van der Waals surface area (Å²) in [4.78, 5) is 2.72. The van der Waals surface area contributed by atoms with Gasteiger partial charge >= 0.3 is 0 Å². The largest absolute Gasteiger partial charge is 0.300 e. The normalized spacial score (nSPS) is 25.6. The van der Waals surface area contributed by atoms with Crippen molar-refractivity contribution in [1.29, 1.82) is 0 Å². The maximum absolute atomic E-state index is 13.0. The summed E-state index contributed by atoms with van der Waals surface area (Å²) < 4.78 is 39.8. The molecule has 1 aromatic rings. The lowest BCUT2D eigenvalue weighted by Gasteiger charge is -2.41. The Morgan fingerprint density at radius 2 is 1.70 bits per heavy atom. The summed E-state index contributed by atoms with van der Waals surface area (Å²) in [6, 6.07) is 5.60. The minimum Gasteiger partial charge on any atom is -0.300 e. The zero-order chi connectivity index (χ0) is 16.4. The van der Waals surface area contributed by atoms with Gasteiger partial charge in [0.1, 0.15) is 5.82 Å². The number of halogens is 1. The highest BCUT2D eigenvalue weighted by molar-refractivity contribution is 7.89. The number of hydrogen-bond donors (Lipinski definition) is 0. The number of piperidine rings is 2. The fourth-order valence-corrected chi connectivity index (χ4v) is 5.23. The van der Waals surface area contributed by atoms with E-state index >= 15 is 0 Å². The van der Waals surface area contributed by atoms with Crippen LogP contribution in [0.5, 0.6) is 0 Å². The molecule has 1 atom stereocenters. The fraction of sp³-hybridized carbons (Fsp3) is 0.647. The molecule has 0 N–H and O–H groups in total. The Balaban J connectivity index is 1.63. The Kier molecular flexibility index (Phi) is 5.04. The molecular weight excluding hydrogens is 315 g/mol. The molecule has 2 heterocycles. The third-order valence-electron chi connectivity index (χ3n) is 5.08. The quantitative estimate of drug-likeness (QED) is 0.849. The molecule has 23 heavy (non-hydrogen) atoms. The molecule has 128 valence electrons. The third-order valence-corrected chi connectivity index (χ3v) is 6.99. The molecular formula is C17H25FN2O2S. The molecule has 1 aromatic carbocycles. The van der Waals surface area contributed by atoms with E-state index in [4.69, 9.17) is 0 Å². The molecule has 0 spiro atoms. The molecule has 2 saturated heterocycles. The van der Waals surface area contributed by atoms with E-state index < -0.39 is 15.8 Å². The van der Waals surface area contributed by atoms with Crippen LogP contribution in [0.4, 0.5) is 4.39 Å². The lowest BCUT2D eigenvalue weighted by Crippen LogP contribution is -2.49. The molecule has 4 nitrogen and oxygen atoms in total. The van der Waals surface area contributed by atoms with Crippen molar-refractivity contribution in [3.63, 3.8) is 0 Å². The number of hydrogen-bond acceptors (Lipinski definition) is 3. The van der Waals surface area contributed by atoms with E-state index in [1.807, 2.05) is 0 Å². The van der Waals surface area contributed by atoms with Gasteiger partial charge in [0.15, 0.2) is 0 Å². The minimum absolute atomic E-state index is 0.184. The van der Waals surface area contributed by atoms with Crippen LogP contribution in [0.1, 0.15) is 32.6 Å². The Bertz CT molecular complexity index is 624. The van der Waals surface area contributed by atoms with Crippen LogP contribution in [0.2, 0.25) is 0 Å². The second-order valence-electron chi connectivity index (χ2n) is 6.83. The van der Waals surface area contributed by atoms with Crippen molar-refractivity contribution >= 4 is 10.0 Å². The Hall–Kier alpha value is -0.980. The Morgan fingerprint density at radius 3 is 2.30 bits per heavy atom. The van der Waals surface area contributed by atoms with Gasteiger partial charge in [-0.1, -0.05) is 6.92 Å². The van der Waals surface area contributed by atoms with Crippen LogP contribution in [0, 0.1) is 11.7 Å². The van der Waals surface area contributed by atoms with Gasteiger partial charge in [-0.3, -0.25) is 0 Å². The summed E-state index contributed by atoms with van der Waals surface area (Å²) in [6.07, 6.45) is 4.31. The predicted molar refractivity (Wildman–Crippen MR) is 88.2 cm³/mol. The first-order valence-corrected chi connectivity index (χ1v) is 9.90. The smallest absolute Gasteiger partial charge is 0.243 e. The summed E-state index contributed by atoms with van der Waals surface area (Å²) >= 11 is 0. The number of sulfonamides is 1. The molecule has 3 rings (SSSR count). The standard InChI is InChI=1S/C17H25FN2O2S/c1-14-3-2-10-19(13-14)16-8-11-20(12-9-16)23(21,22)17-6-4-15(18)5-7-17/h4-7,14,16H,2-3,8-13H2,1H3/t14-/m1/s1. The highest BCUT2D eigenvalue weighted by atomic mass is 32.2. The van der Waals surface area contributed by atoms with Crippen LogP contribution in [-0.4, -0.2) is 49.8 Å². The van der Waals surface area contributed by atoms with Crippen LogP contribution < -0.4 is 0 Å². The van der Waals surface area contributed by atoms with Crippen molar-refractivity contribution in [3.8, 4) is 0 Å². The van der Waals surface area contributed by atoms with Gasteiger partial charge in [-0.2, -0.15) is 4.31 Å². The first kappa shape index (κ1) is 16.9. The lowest BCUT2D eigenvalue weighted by molar-refractivity contribution is 0.0944. The average Bonchev–Trinajstić information content (AvgIpc) is 2.55. The van der Waals surface area contributed by atoms with Gasteiger partial charge in [-0.25, -0.2) is 12.8 Å². The monoisotopic (exact) mass is 340 g/mol. The zero-order valence-electron chi connectivity index (χ0n) is 13.6. The zero-order valence-corrected chi connectivity index (χ0v) is 14.4. The van der Waals surface area contributed by atoms with E-state index in [9.17, 15) is 12.8 Å². The van der Waals surface area contributed by atoms with Crippen molar-refractivity contribution in [2.45, 2.75) is 43.5 Å². The van der Waals surface area contributed by atoms with Gasteiger partial charge in [0.05, 0.1) is 4.90 Å². The molecule has 2 aliphatic heterocycles. The van der Waals surface area contributed by atoms with Crippen LogP contribution in [0.25, 0.3) is 0 Å². The van der Waals surface area contributed by atoms with Gasteiger partial charge in [0.2, 0.25) is 10.0 Å². The lowest BCUT2D eigenvalue weighted by atomic mass is 9.96. The van der Waals surface area contributed by atoms with Gasteiger partial charge in [0, 0.05) is 25.7 Å². The molecule has 2 fully saturated rings. The maximum atomic E-state index is 13.0. The van der Waals surface area contributed by atoms with Gasteiger partial charge in [0.25, 0.3) is 0 Å². The molecule has 0 bridgehead atoms. The number of benzene rings is 1. The molecule has 0 saturated carbocycles. The van der Waals surface area contributed by atoms with Gasteiger partial charge in [-0.15, -0.1) is 0 Å². The highest BCUT2D eigenvalue weighted by Gasteiger charge is 2.32. The van der Waals surface area contributed by atoms with Crippen LogP contribution in [0.15, 0.2) is 29.2 Å². The van der Waals surface area contributed by atoms with E-state index in [1.54, 1.807) is 4.31 Å². The van der Waals surface area contributed by atoms with Crippen LogP contribution in [0.3, 0.4) is 0 Å². The molecule has 6 heteroatoms. The van der Waals surface area contributed by atoms with Crippen molar-refractivity contribution in [1.82, 2.24) is 9.21 Å². The number of rotatable bonds is 3. The van der Waals surface area contributed by atoms with Crippen molar-refractivity contribution < 1.29 is 12.8 Å². The highest BCUT2D eigenvalue weighted by Crippen LogP contribution is 2.26. The summed E-state index contributed by atoms with van der Waals surface area (Å²) in [5.74, 6) is 0.326. The molecule has 0 aliphatic carbocycles. The van der Waals surface area contributed by atoms with E-state index in [1.165, 1.54) is 37.1 Å².